The smallest absolute Gasteiger partial charge is 0.255 e. The lowest BCUT2D eigenvalue weighted by atomic mass is 10.1. The average molecular weight is 455 g/mol. The van der Waals surface area contributed by atoms with E-state index in [1.807, 2.05) is 18.2 Å². The summed E-state index contributed by atoms with van der Waals surface area (Å²) in [6, 6.07) is 9.18. The van der Waals surface area contributed by atoms with E-state index in [0.29, 0.717) is 29.4 Å². The van der Waals surface area contributed by atoms with E-state index in [1.165, 1.54) is 0 Å². The lowest BCUT2D eigenvalue weighted by molar-refractivity contribution is 0.0783. The van der Waals surface area contributed by atoms with E-state index in [2.05, 4.69) is 22.6 Å². The summed E-state index contributed by atoms with van der Waals surface area (Å²) in [6.07, 6.45) is 0. The predicted molar refractivity (Wildman–Crippen MR) is 101 cm³/mol. The maximum absolute atomic E-state index is 12.8. The van der Waals surface area contributed by atoms with Crippen molar-refractivity contribution in [2.45, 2.75) is 6.54 Å². The van der Waals surface area contributed by atoms with E-state index in [4.69, 9.17) is 18.9 Å². The van der Waals surface area contributed by atoms with E-state index in [1.54, 1.807) is 38.3 Å². The molecule has 25 heavy (non-hydrogen) atoms. The Hall–Kier alpha value is -2.16. The van der Waals surface area contributed by atoms with Gasteiger partial charge in [0, 0.05) is 17.2 Å². The third kappa shape index (κ3) is 3.60. The van der Waals surface area contributed by atoms with Crippen LogP contribution in [0.25, 0.3) is 0 Å². The summed E-state index contributed by atoms with van der Waals surface area (Å²) in [6.45, 7) is 0.692. The van der Waals surface area contributed by atoms with Gasteiger partial charge in [-0.1, -0.05) is 6.07 Å². The summed E-state index contributed by atoms with van der Waals surface area (Å²) in [5, 5.41) is 0. The molecule has 1 aliphatic heterocycles. The van der Waals surface area contributed by atoms with E-state index in [9.17, 15) is 4.79 Å². The third-order valence-corrected chi connectivity index (χ3v) is 4.80. The highest BCUT2D eigenvalue weighted by molar-refractivity contribution is 14.1. The van der Waals surface area contributed by atoms with E-state index in [-0.39, 0.29) is 12.7 Å². The fraction of sp³-hybridized carbons (Fsp3) is 0.278. The van der Waals surface area contributed by atoms with Crippen LogP contribution in [0.15, 0.2) is 30.3 Å². The van der Waals surface area contributed by atoms with Crippen LogP contribution in [0.1, 0.15) is 15.9 Å². The normalized spacial score (nSPS) is 12.0. The number of rotatable bonds is 5. The maximum atomic E-state index is 12.8. The molecule has 0 radical (unpaired) electrons. The molecule has 0 aliphatic carbocycles. The Balaban J connectivity index is 1.80. The van der Waals surface area contributed by atoms with Crippen molar-refractivity contribution in [1.82, 2.24) is 4.90 Å². The highest BCUT2D eigenvalue weighted by Gasteiger charge is 2.20. The second-order valence-electron chi connectivity index (χ2n) is 5.54. The first-order chi connectivity index (χ1) is 12.0. The zero-order chi connectivity index (χ0) is 18.0. The quantitative estimate of drug-likeness (QED) is 0.648. The van der Waals surface area contributed by atoms with E-state index in [0.717, 1.165) is 14.9 Å². The minimum Gasteiger partial charge on any atom is -0.493 e. The summed E-state index contributed by atoms with van der Waals surface area (Å²) < 4.78 is 22.1. The van der Waals surface area contributed by atoms with Gasteiger partial charge in [0.1, 0.15) is 0 Å². The number of hydrogen-bond acceptors (Lipinski definition) is 5. The highest BCUT2D eigenvalue weighted by Crippen LogP contribution is 2.34. The molecule has 1 amide bonds. The molecule has 2 aromatic carbocycles. The largest absolute Gasteiger partial charge is 0.493 e. The van der Waals surface area contributed by atoms with Crippen LogP contribution in [0.5, 0.6) is 23.0 Å². The number of hydrogen-bond donors (Lipinski definition) is 0. The van der Waals surface area contributed by atoms with Crippen LogP contribution in [0, 0.1) is 3.57 Å². The molecule has 0 fully saturated rings. The van der Waals surface area contributed by atoms with Crippen molar-refractivity contribution < 1.29 is 23.7 Å². The van der Waals surface area contributed by atoms with Gasteiger partial charge in [-0.15, -0.1) is 0 Å². The van der Waals surface area contributed by atoms with Crippen LogP contribution in [0.2, 0.25) is 0 Å². The summed E-state index contributed by atoms with van der Waals surface area (Å²) in [7, 11) is 4.89. The standard InChI is InChI=1S/C18H18INO5/c1-20(9-11-4-5-14-17(6-11)25-10-24-14)18(21)12-7-15(22-2)16(23-3)8-13(12)19/h4-8H,9-10H2,1-3H3. The van der Waals surface area contributed by atoms with Gasteiger partial charge in [0.15, 0.2) is 23.0 Å². The predicted octanol–water partition coefficient (Wildman–Crippen LogP) is 3.31. The van der Waals surface area contributed by atoms with Gasteiger partial charge in [0.2, 0.25) is 6.79 Å². The topological polar surface area (TPSA) is 57.2 Å². The molecule has 0 bridgehead atoms. The summed E-state index contributed by atoms with van der Waals surface area (Å²) in [5.41, 5.74) is 1.54. The summed E-state index contributed by atoms with van der Waals surface area (Å²) in [5.74, 6) is 2.47. The SMILES string of the molecule is COc1cc(I)c(C(=O)N(C)Cc2ccc3c(c2)OCO3)cc1OC. The van der Waals surface area contributed by atoms with Gasteiger partial charge in [-0.25, -0.2) is 0 Å². The van der Waals surface area contributed by atoms with Crippen molar-refractivity contribution in [1.29, 1.82) is 0 Å². The van der Waals surface area contributed by atoms with Gasteiger partial charge < -0.3 is 23.8 Å². The first kappa shape index (κ1) is 17.7. The van der Waals surface area contributed by atoms with Crippen LogP contribution in [-0.2, 0) is 6.54 Å². The van der Waals surface area contributed by atoms with Gasteiger partial charge in [0.25, 0.3) is 5.91 Å². The van der Waals surface area contributed by atoms with E-state index < -0.39 is 0 Å². The van der Waals surface area contributed by atoms with Crippen molar-refractivity contribution in [3.8, 4) is 23.0 Å². The average Bonchev–Trinajstić information content (AvgIpc) is 3.08. The summed E-state index contributed by atoms with van der Waals surface area (Å²) in [4.78, 5) is 14.5. The molecular weight excluding hydrogens is 437 g/mol. The van der Waals surface area contributed by atoms with Crippen molar-refractivity contribution in [2.24, 2.45) is 0 Å². The highest BCUT2D eigenvalue weighted by atomic mass is 127. The van der Waals surface area contributed by atoms with Gasteiger partial charge in [-0.3, -0.25) is 4.79 Å². The number of methoxy groups -OCH3 is 2. The number of carbonyl (C=O) groups excluding carboxylic acids is 1. The van der Waals surface area contributed by atoms with Gasteiger partial charge in [0.05, 0.1) is 19.8 Å². The van der Waals surface area contributed by atoms with Crippen LogP contribution in [-0.4, -0.2) is 38.9 Å². The van der Waals surface area contributed by atoms with Crippen molar-refractivity contribution in [2.75, 3.05) is 28.1 Å². The third-order valence-electron chi connectivity index (χ3n) is 3.91. The molecule has 7 heteroatoms. The minimum atomic E-state index is -0.0944. The molecule has 1 heterocycles. The number of amides is 1. The van der Waals surface area contributed by atoms with Crippen LogP contribution in [0.3, 0.4) is 0 Å². The van der Waals surface area contributed by atoms with Crippen molar-refractivity contribution >= 4 is 28.5 Å². The molecule has 0 saturated heterocycles. The Morgan fingerprint density at radius 1 is 1.12 bits per heavy atom. The van der Waals surface area contributed by atoms with Gasteiger partial charge >= 0.3 is 0 Å². The lowest BCUT2D eigenvalue weighted by Crippen LogP contribution is -2.27. The second-order valence-corrected chi connectivity index (χ2v) is 6.70. The van der Waals surface area contributed by atoms with Crippen molar-refractivity contribution in [3.05, 3.63) is 45.0 Å². The molecule has 1 aliphatic rings. The second kappa shape index (κ2) is 7.38. The van der Waals surface area contributed by atoms with Gasteiger partial charge in [-0.05, 0) is 52.4 Å². The molecule has 0 N–H and O–H groups in total. The fourth-order valence-electron chi connectivity index (χ4n) is 2.61. The lowest BCUT2D eigenvalue weighted by Gasteiger charge is -2.19. The molecule has 0 atom stereocenters. The monoisotopic (exact) mass is 455 g/mol. The molecular formula is C18H18INO5. The fourth-order valence-corrected chi connectivity index (χ4v) is 3.28. The Morgan fingerprint density at radius 3 is 2.52 bits per heavy atom. The number of ether oxygens (including phenoxy) is 4. The number of fused-ring (bicyclic) bond motifs is 1. The number of nitrogens with zero attached hydrogens (tertiary/aromatic N) is 1. The molecule has 2 aromatic rings. The van der Waals surface area contributed by atoms with Crippen molar-refractivity contribution in [3.63, 3.8) is 0 Å². The molecule has 0 unspecified atom stereocenters. The number of carbonyl (C=O) groups is 1. The first-order valence-corrected chi connectivity index (χ1v) is 8.67. The molecule has 0 spiro atoms. The zero-order valence-corrected chi connectivity index (χ0v) is 16.3. The van der Waals surface area contributed by atoms with Crippen LogP contribution >= 0.6 is 22.6 Å². The molecule has 0 saturated carbocycles. The van der Waals surface area contributed by atoms with Gasteiger partial charge in [-0.2, -0.15) is 0 Å². The Kier molecular flexibility index (Phi) is 5.22. The Morgan fingerprint density at radius 2 is 1.80 bits per heavy atom. The first-order valence-electron chi connectivity index (χ1n) is 7.59. The molecule has 3 rings (SSSR count). The minimum absolute atomic E-state index is 0.0944. The molecule has 6 nitrogen and oxygen atoms in total. The number of halogens is 1. The zero-order valence-electron chi connectivity index (χ0n) is 14.2. The van der Waals surface area contributed by atoms with Crippen LogP contribution in [0.4, 0.5) is 0 Å². The Labute approximate surface area is 159 Å². The molecule has 0 aromatic heterocycles. The maximum Gasteiger partial charge on any atom is 0.255 e. The van der Waals surface area contributed by atoms with E-state index >= 15 is 0 Å². The molecule has 132 valence electrons. The Bertz CT molecular complexity index is 808. The number of benzene rings is 2. The summed E-state index contributed by atoms with van der Waals surface area (Å²) >= 11 is 2.13. The van der Waals surface area contributed by atoms with Crippen LogP contribution < -0.4 is 18.9 Å².